The summed E-state index contributed by atoms with van der Waals surface area (Å²) in [7, 11) is 0. The minimum Gasteiger partial charge on any atom is -0.360 e. The van der Waals surface area contributed by atoms with Crippen LogP contribution in [0, 0.1) is 17.0 Å². The lowest BCUT2D eigenvalue weighted by Gasteiger charge is -2.10. The Morgan fingerprint density at radius 2 is 2.10 bits per heavy atom. The van der Waals surface area contributed by atoms with Crippen LogP contribution in [0.4, 0.5) is 17.5 Å². The van der Waals surface area contributed by atoms with Gasteiger partial charge in [0.1, 0.15) is 5.69 Å². The van der Waals surface area contributed by atoms with E-state index < -0.39 is 4.92 Å². The fraction of sp³-hybridized carbons (Fsp3) is 0.167. The van der Waals surface area contributed by atoms with Crippen LogP contribution in [-0.4, -0.2) is 14.9 Å². The molecule has 21 heavy (non-hydrogen) atoms. The molecule has 0 unspecified atom stereocenters. The number of nitrogens with one attached hydrogen (secondary N) is 2. The van der Waals surface area contributed by atoms with Crippen LogP contribution >= 0.6 is 11.6 Å². The normalized spacial score (nSPS) is 10.2. The maximum Gasteiger partial charge on any atom is 0.332 e. The fourth-order valence-corrected chi connectivity index (χ4v) is 2.00. The van der Waals surface area contributed by atoms with E-state index >= 15 is 0 Å². The van der Waals surface area contributed by atoms with Crippen molar-refractivity contribution in [2.24, 2.45) is 5.84 Å². The van der Waals surface area contributed by atoms with Gasteiger partial charge in [-0.3, -0.25) is 15.5 Å². The van der Waals surface area contributed by atoms with E-state index in [4.69, 9.17) is 17.4 Å². The lowest BCUT2D eigenvalue weighted by atomic mass is 10.2. The van der Waals surface area contributed by atoms with E-state index in [9.17, 15) is 10.1 Å². The van der Waals surface area contributed by atoms with Crippen molar-refractivity contribution in [2.75, 3.05) is 10.7 Å². The molecule has 2 aromatic rings. The molecule has 2 rings (SSSR count). The standard InChI is InChI=1S/C12H13ClN6O2/c1-7-10(19(20)21)11(17-12(16-7)18-14)15-6-8-4-2-3-5-9(8)13/h2-5H,6,14H2,1H3,(H2,15,16,17,18). The van der Waals surface area contributed by atoms with E-state index in [1.807, 2.05) is 12.1 Å². The summed E-state index contributed by atoms with van der Waals surface area (Å²) in [4.78, 5) is 18.5. The summed E-state index contributed by atoms with van der Waals surface area (Å²) in [5, 5.41) is 14.6. The molecule has 0 atom stereocenters. The van der Waals surface area contributed by atoms with Crippen LogP contribution in [0.2, 0.25) is 5.02 Å². The van der Waals surface area contributed by atoms with Crippen molar-refractivity contribution in [3.05, 3.63) is 50.7 Å². The van der Waals surface area contributed by atoms with Gasteiger partial charge in [-0.25, -0.2) is 10.8 Å². The van der Waals surface area contributed by atoms with E-state index in [1.165, 1.54) is 6.92 Å². The molecule has 0 saturated heterocycles. The highest BCUT2D eigenvalue weighted by Gasteiger charge is 2.21. The topological polar surface area (TPSA) is 119 Å². The number of nitro groups is 1. The predicted molar refractivity (Wildman–Crippen MR) is 80.0 cm³/mol. The number of aryl methyl sites for hydroxylation is 1. The summed E-state index contributed by atoms with van der Waals surface area (Å²) in [6, 6.07) is 7.19. The molecule has 0 amide bonds. The highest BCUT2D eigenvalue weighted by Crippen LogP contribution is 2.27. The summed E-state index contributed by atoms with van der Waals surface area (Å²) >= 11 is 6.04. The number of hydrogen-bond donors (Lipinski definition) is 3. The number of halogens is 1. The second kappa shape index (κ2) is 6.33. The van der Waals surface area contributed by atoms with Gasteiger partial charge in [-0.2, -0.15) is 4.98 Å². The van der Waals surface area contributed by atoms with Gasteiger partial charge in [0.15, 0.2) is 0 Å². The number of hydrazine groups is 1. The molecule has 0 saturated carbocycles. The smallest absolute Gasteiger partial charge is 0.332 e. The number of benzene rings is 1. The molecule has 0 aliphatic heterocycles. The Balaban J connectivity index is 2.32. The zero-order valence-corrected chi connectivity index (χ0v) is 11.9. The molecular weight excluding hydrogens is 296 g/mol. The van der Waals surface area contributed by atoms with E-state index in [-0.39, 0.29) is 23.1 Å². The molecule has 4 N–H and O–H groups in total. The number of nitrogens with zero attached hydrogens (tertiary/aromatic N) is 3. The second-order valence-corrected chi connectivity index (χ2v) is 4.58. The van der Waals surface area contributed by atoms with Gasteiger partial charge < -0.3 is 5.32 Å². The molecule has 0 bridgehead atoms. The Kier molecular flexibility index (Phi) is 4.51. The van der Waals surface area contributed by atoms with Crippen LogP contribution in [0.1, 0.15) is 11.3 Å². The minimum absolute atomic E-state index is 0.0837. The number of aromatic nitrogens is 2. The molecule has 0 fully saturated rings. The van der Waals surface area contributed by atoms with Crippen molar-refractivity contribution < 1.29 is 4.92 Å². The van der Waals surface area contributed by atoms with E-state index in [2.05, 4.69) is 20.7 Å². The van der Waals surface area contributed by atoms with Gasteiger partial charge in [0.25, 0.3) is 0 Å². The highest BCUT2D eigenvalue weighted by atomic mass is 35.5. The van der Waals surface area contributed by atoms with Crippen LogP contribution in [0.15, 0.2) is 24.3 Å². The zero-order chi connectivity index (χ0) is 15.4. The molecule has 110 valence electrons. The number of nitrogens with two attached hydrogens (primary N) is 1. The number of anilines is 2. The Bertz CT molecular complexity index is 679. The van der Waals surface area contributed by atoms with Crippen molar-refractivity contribution in [3.8, 4) is 0 Å². The van der Waals surface area contributed by atoms with Gasteiger partial charge >= 0.3 is 5.69 Å². The maximum absolute atomic E-state index is 11.1. The average molecular weight is 309 g/mol. The Morgan fingerprint density at radius 1 is 1.38 bits per heavy atom. The molecule has 0 aliphatic rings. The molecule has 8 nitrogen and oxygen atoms in total. The summed E-state index contributed by atoms with van der Waals surface area (Å²) in [5.74, 6) is 5.43. The van der Waals surface area contributed by atoms with Gasteiger partial charge in [0.2, 0.25) is 11.8 Å². The molecule has 9 heteroatoms. The predicted octanol–water partition coefficient (Wildman–Crippen LogP) is 2.24. The highest BCUT2D eigenvalue weighted by molar-refractivity contribution is 6.31. The van der Waals surface area contributed by atoms with Gasteiger partial charge in [0, 0.05) is 11.6 Å². The molecule has 1 aromatic carbocycles. The molecule has 0 radical (unpaired) electrons. The van der Waals surface area contributed by atoms with Gasteiger partial charge in [0.05, 0.1) is 4.92 Å². The third-order valence-corrected chi connectivity index (χ3v) is 3.14. The summed E-state index contributed by atoms with van der Waals surface area (Å²) in [5.41, 5.74) is 3.09. The third kappa shape index (κ3) is 3.36. The summed E-state index contributed by atoms with van der Waals surface area (Å²) < 4.78 is 0. The van der Waals surface area contributed by atoms with Crippen molar-refractivity contribution in [3.63, 3.8) is 0 Å². The first kappa shape index (κ1) is 14.9. The third-order valence-electron chi connectivity index (χ3n) is 2.77. The molecule has 0 spiro atoms. The summed E-state index contributed by atoms with van der Waals surface area (Å²) in [6.07, 6.45) is 0. The Labute approximate surface area is 125 Å². The first-order valence-electron chi connectivity index (χ1n) is 6.00. The van der Waals surface area contributed by atoms with Crippen molar-refractivity contribution >= 4 is 29.1 Å². The Hall–Kier alpha value is -2.45. The largest absolute Gasteiger partial charge is 0.360 e. The molecule has 1 aromatic heterocycles. The van der Waals surface area contributed by atoms with Gasteiger partial charge in [-0.1, -0.05) is 29.8 Å². The van der Waals surface area contributed by atoms with Gasteiger partial charge in [-0.05, 0) is 18.6 Å². The fourth-order valence-electron chi connectivity index (χ4n) is 1.79. The number of hydrogen-bond acceptors (Lipinski definition) is 7. The van der Waals surface area contributed by atoms with E-state index in [1.54, 1.807) is 12.1 Å². The lowest BCUT2D eigenvalue weighted by molar-refractivity contribution is -0.385. The van der Waals surface area contributed by atoms with Gasteiger partial charge in [-0.15, -0.1) is 0 Å². The lowest BCUT2D eigenvalue weighted by Crippen LogP contribution is -2.14. The zero-order valence-electron chi connectivity index (χ0n) is 11.1. The minimum atomic E-state index is -0.537. The van der Waals surface area contributed by atoms with E-state index in [0.29, 0.717) is 11.6 Å². The van der Waals surface area contributed by atoms with Crippen molar-refractivity contribution in [1.29, 1.82) is 0 Å². The second-order valence-electron chi connectivity index (χ2n) is 4.18. The number of rotatable bonds is 5. The maximum atomic E-state index is 11.1. The van der Waals surface area contributed by atoms with E-state index in [0.717, 1.165) is 5.56 Å². The molecule has 0 aliphatic carbocycles. The van der Waals surface area contributed by atoms with Crippen molar-refractivity contribution in [2.45, 2.75) is 13.5 Å². The summed E-state index contributed by atoms with van der Waals surface area (Å²) in [6.45, 7) is 1.81. The van der Waals surface area contributed by atoms with Crippen LogP contribution in [-0.2, 0) is 6.54 Å². The monoisotopic (exact) mass is 308 g/mol. The average Bonchev–Trinajstić information content (AvgIpc) is 2.45. The van der Waals surface area contributed by atoms with Crippen LogP contribution in [0.3, 0.4) is 0 Å². The molecular formula is C12H13ClN6O2. The van der Waals surface area contributed by atoms with Crippen LogP contribution < -0.4 is 16.6 Å². The molecule has 1 heterocycles. The Morgan fingerprint density at radius 3 is 2.71 bits per heavy atom. The first-order valence-corrected chi connectivity index (χ1v) is 6.37. The van der Waals surface area contributed by atoms with Crippen molar-refractivity contribution in [1.82, 2.24) is 9.97 Å². The van der Waals surface area contributed by atoms with Crippen LogP contribution in [0.5, 0.6) is 0 Å². The quantitative estimate of drug-likeness (QED) is 0.440. The van der Waals surface area contributed by atoms with Crippen LogP contribution in [0.25, 0.3) is 0 Å². The SMILES string of the molecule is Cc1nc(NN)nc(NCc2ccccc2Cl)c1[N+](=O)[O-]. The number of nitrogen functional groups attached to an aromatic ring is 1. The first-order chi connectivity index (χ1) is 10.0.